The van der Waals surface area contributed by atoms with Gasteiger partial charge in [-0.1, -0.05) is 26.0 Å². The molecule has 0 aliphatic rings. The molecular weight excluding hydrogens is 226 g/mol. The maximum absolute atomic E-state index is 11.5. The molecule has 0 heterocycles. The molecule has 1 rings (SSSR count). The van der Waals surface area contributed by atoms with E-state index < -0.39 is 0 Å². The Hall–Kier alpha value is -1.39. The standard InChI is InChI=1S/C14H23N3O/c1-3-17(4-2)11-12-6-5-7-13(10-12)16-14(18)8-9-15/h5-7,10H,3-4,8-9,11,15H2,1-2H3,(H,16,18). The van der Waals surface area contributed by atoms with Crippen LogP contribution in [0.1, 0.15) is 25.8 Å². The predicted octanol–water partition coefficient (Wildman–Crippen LogP) is 1.82. The molecule has 0 aliphatic heterocycles. The lowest BCUT2D eigenvalue weighted by molar-refractivity contribution is -0.116. The van der Waals surface area contributed by atoms with Crippen LogP contribution in [-0.2, 0) is 11.3 Å². The van der Waals surface area contributed by atoms with Gasteiger partial charge >= 0.3 is 0 Å². The molecule has 0 saturated heterocycles. The third kappa shape index (κ3) is 4.85. The van der Waals surface area contributed by atoms with E-state index in [4.69, 9.17) is 5.73 Å². The van der Waals surface area contributed by atoms with Gasteiger partial charge in [0.15, 0.2) is 0 Å². The van der Waals surface area contributed by atoms with Gasteiger partial charge in [0.25, 0.3) is 0 Å². The Morgan fingerprint density at radius 3 is 2.67 bits per heavy atom. The van der Waals surface area contributed by atoms with E-state index in [0.717, 1.165) is 25.3 Å². The van der Waals surface area contributed by atoms with Gasteiger partial charge < -0.3 is 11.1 Å². The zero-order valence-electron chi connectivity index (χ0n) is 11.3. The number of hydrogen-bond acceptors (Lipinski definition) is 3. The number of carbonyl (C=O) groups is 1. The number of benzene rings is 1. The van der Waals surface area contributed by atoms with Crippen molar-refractivity contribution >= 4 is 11.6 Å². The lowest BCUT2D eigenvalue weighted by Gasteiger charge is -2.18. The third-order valence-electron chi connectivity index (χ3n) is 2.88. The Kier molecular flexibility index (Phi) is 6.39. The number of nitrogens with two attached hydrogens (primary N) is 1. The monoisotopic (exact) mass is 249 g/mol. The van der Waals surface area contributed by atoms with Gasteiger partial charge in [0, 0.05) is 25.2 Å². The summed E-state index contributed by atoms with van der Waals surface area (Å²) < 4.78 is 0. The molecule has 0 atom stereocenters. The average Bonchev–Trinajstić information content (AvgIpc) is 2.36. The Morgan fingerprint density at radius 2 is 2.06 bits per heavy atom. The molecule has 3 N–H and O–H groups in total. The summed E-state index contributed by atoms with van der Waals surface area (Å²) >= 11 is 0. The van der Waals surface area contributed by atoms with Gasteiger partial charge in [-0.15, -0.1) is 0 Å². The average molecular weight is 249 g/mol. The Balaban J connectivity index is 2.64. The van der Waals surface area contributed by atoms with Crippen LogP contribution in [0, 0.1) is 0 Å². The van der Waals surface area contributed by atoms with E-state index in [9.17, 15) is 4.79 Å². The van der Waals surface area contributed by atoms with Crippen LogP contribution in [0.3, 0.4) is 0 Å². The number of rotatable bonds is 7. The Labute approximate surface area is 109 Å². The molecule has 100 valence electrons. The fourth-order valence-corrected chi connectivity index (χ4v) is 1.81. The second-order valence-electron chi connectivity index (χ2n) is 4.25. The van der Waals surface area contributed by atoms with Crippen molar-refractivity contribution in [2.45, 2.75) is 26.8 Å². The van der Waals surface area contributed by atoms with E-state index >= 15 is 0 Å². The van der Waals surface area contributed by atoms with E-state index in [1.807, 2.05) is 18.2 Å². The van der Waals surface area contributed by atoms with Crippen molar-refractivity contribution in [3.05, 3.63) is 29.8 Å². The van der Waals surface area contributed by atoms with E-state index in [2.05, 4.69) is 30.1 Å². The van der Waals surface area contributed by atoms with Gasteiger partial charge in [0.2, 0.25) is 5.91 Å². The lowest BCUT2D eigenvalue weighted by Crippen LogP contribution is -2.22. The molecule has 4 heteroatoms. The molecule has 0 radical (unpaired) electrons. The zero-order valence-corrected chi connectivity index (χ0v) is 11.3. The van der Waals surface area contributed by atoms with Crippen molar-refractivity contribution in [2.75, 3.05) is 25.0 Å². The number of hydrogen-bond donors (Lipinski definition) is 2. The topological polar surface area (TPSA) is 58.4 Å². The molecule has 0 aliphatic carbocycles. The molecule has 4 nitrogen and oxygen atoms in total. The first-order valence-electron chi connectivity index (χ1n) is 6.50. The molecule has 0 unspecified atom stereocenters. The third-order valence-corrected chi connectivity index (χ3v) is 2.88. The number of anilines is 1. The summed E-state index contributed by atoms with van der Waals surface area (Å²) in [6, 6.07) is 7.97. The highest BCUT2D eigenvalue weighted by molar-refractivity contribution is 5.90. The molecule has 1 aromatic carbocycles. The van der Waals surface area contributed by atoms with Crippen molar-refractivity contribution in [3.8, 4) is 0 Å². The molecule has 0 bridgehead atoms. The molecule has 0 saturated carbocycles. The molecule has 1 amide bonds. The highest BCUT2D eigenvalue weighted by Gasteiger charge is 2.04. The summed E-state index contributed by atoms with van der Waals surface area (Å²) in [5, 5.41) is 2.86. The maximum atomic E-state index is 11.5. The normalized spacial score (nSPS) is 10.7. The number of nitrogens with zero attached hydrogens (tertiary/aromatic N) is 1. The maximum Gasteiger partial charge on any atom is 0.225 e. The number of carbonyl (C=O) groups excluding carboxylic acids is 1. The largest absolute Gasteiger partial charge is 0.330 e. The summed E-state index contributed by atoms with van der Waals surface area (Å²) in [4.78, 5) is 13.8. The van der Waals surface area contributed by atoms with Gasteiger partial charge in [0.05, 0.1) is 0 Å². The SMILES string of the molecule is CCN(CC)Cc1cccc(NC(=O)CCN)c1. The minimum Gasteiger partial charge on any atom is -0.330 e. The van der Waals surface area contributed by atoms with E-state index in [0.29, 0.717) is 13.0 Å². The zero-order chi connectivity index (χ0) is 13.4. The second kappa shape index (κ2) is 7.84. The van der Waals surface area contributed by atoms with Gasteiger partial charge in [-0.25, -0.2) is 0 Å². The molecule has 0 spiro atoms. The summed E-state index contributed by atoms with van der Waals surface area (Å²) in [5.74, 6) is -0.0301. The lowest BCUT2D eigenvalue weighted by atomic mass is 10.2. The highest BCUT2D eigenvalue weighted by Crippen LogP contribution is 2.12. The molecular formula is C14H23N3O. The van der Waals surface area contributed by atoms with Gasteiger partial charge in [-0.05, 0) is 30.8 Å². The molecule has 0 fully saturated rings. The smallest absolute Gasteiger partial charge is 0.225 e. The highest BCUT2D eigenvalue weighted by atomic mass is 16.1. The first kappa shape index (κ1) is 14.7. The summed E-state index contributed by atoms with van der Waals surface area (Å²) in [6.07, 6.45) is 0.361. The number of nitrogens with one attached hydrogen (secondary N) is 1. The fraction of sp³-hybridized carbons (Fsp3) is 0.500. The number of amides is 1. The summed E-state index contributed by atoms with van der Waals surface area (Å²) in [5.41, 5.74) is 7.41. The van der Waals surface area contributed by atoms with Crippen LogP contribution in [0.2, 0.25) is 0 Å². The molecule has 0 aromatic heterocycles. The summed E-state index contributed by atoms with van der Waals surface area (Å²) in [7, 11) is 0. The van der Waals surface area contributed by atoms with Crippen LogP contribution < -0.4 is 11.1 Å². The van der Waals surface area contributed by atoms with Gasteiger partial charge in [0.1, 0.15) is 0 Å². The van der Waals surface area contributed by atoms with Crippen molar-refractivity contribution in [3.63, 3.8) is 0 Å². The second-order valence-corrected chi connectivity index (χ2v) is 4.25. The quantitative estimate of drug-likeness (QED) is 0.775. The van der Waals surface area contributed by atoms with Crippen LogP contribution in [0.25, 0.3) is 0 Å². The van der Waals surface area contributed by atoms with Gasteiger partial charge in [-0.2, -0.15) is 0 Å². The van der Waals surface area contributed by atoms with Crippen LogP contribution >= 0.6 is 0 Å². The first-order chi connectivity index (χ1) is 8.69. The minimum atomic E-state index is -0.0301. The van der Waals surface area contributed by atoms with Crippen LogP contribution in [0.5, 0.6) is 0 Å². The van der Waals surface area contributed by atoms with Gasteiger partial charge in [-0.3, -0.25) is 9.69 Å². The van der Waals surface area contributed by atoms with Crippen molar-refractivity contribution in [2.24, 2.45) is 5.73 Å². The Morgan fingerprint density at radius 1 is 1.33 bits per heavy atom. The first-order valence-corrected chi connectivity index (χ1v) is 6.50. The van der Waals surface area contributed by atoms with Crippen molar-refractivity contribution in [1.82, 2.24) is 4.90 Å². The van der Waals surface area contributed by atoms with Crippen molar-refractivity contribution in [1.29, 1.82) is 0 Å². The summed E-state index contributed by atoms with van der Waals surface area (Å²) in [6.45, 7) is 7.64. The van der Waals surface area contributed by atoms with E-state index in [1.165, 1.54) is 5.56 Å². The molecule has 18 heavy (non-hydrogen) atoms. The van der Waals surface area contributed by atoms with Crippen LogP contribution in [-0.4, -0.2) is 30.4 Å². The minimum absolute atomic E-state index is 0.0301. The van der Waals surface area contributed by atoms with E-state index in [-0.39, 0.29) is 5.91 Å². The van der Waals surface area contributed by atoms with E-state index in [1.54, 1.807) is 0 Å². The predicted molar refractivity (Wildman–Crippen MR) is 75.4 cm³/mol. The molecule has 1 aromatic rings. The van der Waals surface area contributed by atoms with Crippen LogP contribution in [0.4, 0.5) is 5.69 Å². The van der Waals surface area contributed by atoms with Crippen LogP contribution in [0.15, 0.2) is 24.3 Å². The Bertz CT molecular complexity index is 375. The van der Waals surface area contributed by atoms with Crippen molar-refractivity contribution < 1.29 is 4.79 Å². The fourth-order valence-electron chi connectivity index (χ4n) is 1.81.